The van der Waals surface area contributed by atoms with E-state index in [0.29, 0.717) is 6.04 Å². The second-order valence-corrected chi connectivity index (χ2v) is 9.55. The molecule has 2 heterocycles. The van der Waals surface area contributed by atoms with Crippen molar-refractivity contribution < 1.29 is 4.74 Å². The molecule has 0 bridgehead atoms. The first-order chi connectivity index (χ1) is 13.6. The molecule has 1 N–H and O–H groups in total. The summed E-state index contributed by atoms with van der Waals surface area (Å²) < 4.78 is 7.50. The number of nitrogens with zero attached hydrogens (tertiary/aromatic N) is 3. The van der Waals surface area contributed by atoms with Crippen LogP contribution in [0.25, 0.3) is 6.20 Å². The maximum absolute atomic E-state index is 5.64. The van der Waals surface area contributed by atoms with Crippen LogP contribution in [0.15, 0.2) is 37.0 Å². The highest BCUT2D eigenvalue weighted by Crippen LogP contribution is 2.34. The molecule has 158 valence electrons. The number of rotatable bonds is 7. The van der Waals surface area contributed by atoms with Gasteiger partial charge in [-0.1, -0.05) is 24.8 Å². The van der Waals surface area contributed by atoms with E-state index in [-0.39, 0.29) is 11.1 Å². The Morgan fingerprint density at radius 3 is 2.38 bits per heavy atom. The van der Waals surface area contributed by atoms with Gasteiger partial charge in [0.25, 0.3) is 0 Å². The van der Waals surface area contributed by atoms with Crippen LogP contribution < -0.4 is 10.1 Å². The predicted molar refractivity (Wildman–Crippen MR) is 120 cm³/mol. The molecular weight excluding hydrogens is 360 g/mol. The number of hydrogen-bond donors (Lipinski definition) is 1. The van der Waals surface area contributed by atoms with Crippen LogP contribution in [0.2, 0.25) is 0 Å². The van der Waals surface area contributed by atoms with Gasteiger partial charge in [0.2, 0.25) is 0 Å². The lowest BCUT2D eigenvalue weighted by Crippen LogP contribution is -2.62. The van der Waals surface area contributed by atoms with Gasteiger partial charge >= 0.3 is 0 Å². The van der Waals surface area contributed by atoms with Gasteiger partial charge < -0.3 is 10.1 Å². The number of para-hydroxylation sites is 1. The highest BCUT2D eigenvalue weighted by molar-refractivity contribution is 5.33. The molecule has 0 aliphatic carbocycles. The summed E-state index contributed by atoms with van der Waals surface area (Å²) in [5.41, 5.74) is 3.79. The molecule has 29 heavy (non-hydrogen) atoms. The summed E-state index contributed by atoms with van der Waals surface area (Å²) in [7, 11) is 1.75. The molecule has 1 saturated heterocycles. The van der Waals surface area contributed by atoms with Crippen molar-refractivity contribution in [3.63, 3.8) is 0 Å². The van der Waals surface area contributed by atoms with Gasteiger partial charge in [-0.15, -0.1) is 0 Å². The summed E-state index contributed by atoms with van der Waals surface area (Å²) in [5.74, 6) is 0.948. The summed E-state index contributed by atoms with van der Waals surface area (Å²) in [6, 6.07) is 8.79. The molecule has 1 aliphatic rings. The van der Waals surface area contributed by atoms with E-state index in [2.05, 4.69) is 68.6 Å². The number of nitrogens with one attached hydrogen (secondary N) is 1. The molecule has 1 fully saturated rings. The number of ether oxygens (including phenoxy) is 1. The van der Waals surface area contributed by atoms with Crippen molar-refractivity contribution in [2.75, 3.05) is 7.11 Å². The number of benzene rings is 1. The molecule has 2 aromatic rings. The molecule has 1 aromatic carbocycles. The fraction of sp³-hybridized carbons (Fsp3) is 0.542. The summed E-state index contributed by atoms with van der Waals surface area (Å²) >= 11 is 0. The van der Waals surface area contributed by atoms with Crippen LogP contribution in [-0.2, 0) is 13.1 Å². The van der Waals surface area contributed by atoms with Crippen LogP contribution in [0.3, 0.4) is 0 Å². The number of methoxy groups -OCH3 is 1. The lowest BCUT2D eigenvalue weighted by Gasteiger charge is -2.49. The first kappa shape index (κ1) is 21.6. The van der Waals surface area contributed by atoms with Gasteiger partial charge in [-0.25, -0.2) is 4.68 Å². The molecule has 0 unspecified atom stereocenters. The third-order valence-corrected chi connectivity index (χ3v) is 5.94. The van der Waals surface area contributed by atoms with Gasteiger partial charge in [-0.3, -0.25) is 4.90 Å². The molecule has 0 atom stereocenters. The van der Waals surface area contributed by atoms with Gasteiger partial charge in [-0.05, 0) is 53.5 Å². The molecule has 0 saturated carbocycles. The highest BCUT2D eigenvalue weighted by atomic mass is 16.5. The Morgan fingerprint density at radius 1 is 1.17 bits per heavy atom. The van der Waals surface area contributed by atoms with Gasteiger partial charge in [0.15, 0.2) is 0 Å². The molecular formula is C24H36N4O. The van der Waals surface area contributed by atoms with Crippen molar-refractivity contribution in [1.29, 1.82) is 0 Å². The third-order valence-electron chi connectivity index (χ3n) is 5.94. The second-order valence-electron chi connectivity index (χ2n) is 9.55. The molecule has 5 heteroatoms. The lowest BCUT2D eigenvalue weighted by atomic mass is 9.78. The van der Waals surface area contributed by atoms with Crippen molar-refractivity contribution >= 4 is 6.20 Å². The van der Waals surface area contributed by atoms with E-state index in [1.165, 1.54) is 11.1 Å². The van der Waals surface area contributed by atoms with Crippen LogP contribution in [0.4, 0.5) is 0 Å². The number of aromatic nitrogens is 2. The van der Waals surface area contributed by atoms with Crippen LogP contribution in [0, 0.1) is 6.92 Å². The van der Waals surface area contributed by atoms with Crippen molar-refractivity contribution in [2.45, 2.75) is 77.7 Å². The number of hydrogen-bond acceptors (Lipinski definition) is 4. The van der Waals surface area contributed by atoms with E-state index >= 15 is 0 Å². The summed E-state index contributed by atoms with van der Waals surface area (Å²) in [5, 5.41) is 8.28. The molecule has 0 amide bonds. The summed E-state index contributed by atoms with van der Waals surface area (Å²) in [6.07, 6.45) is 5.93. The summed E-state index contributed by atoms with van der Waals surface area (Å²) in [6.45, 7) is 16.9. The zero-order chi connectivity index (χ0) is 21.2. The van der Waals surface area contributed by atoms with Gasteiger partial charge in [0.1, 0.15) is 5.75 Å². The first-order valence-corrected chi connectivity index (χ1v) is 10.4. The second kappa shape index (κ2) is 8.33. The Hall–Kier alpha value is -2.11. The number of piperidine rings is 1. The van der Waals surface area contributed by atoms with Crippen molar-refractivity contribution in [2.24, 2.45) is 0 Å². The average Bonchev–Trinajstić information content (AvgIpc) is 2.98. The Kier molecular flexibility index (Phi) is 6.20. The van der Waals surface area contributed by atoms with E-state index < -0.39 is 0 Å². The highest BCUT2D eigenvalue weighted by Gasteiger charge is 2.40. The largest absolute Gasteiger partial charge is 0.496 e. The van der Waals surface area contributed by atoms with Crippen LogP contribution in [-0.4, -0.2) is 38.9 Å². The average molecular weight is 397 g/mol. The van der Waals surface area contributed by atoms with E-state index in [1.807, 2.05) is 23.0 Å². The normalized spacial score (nSPS) is 18.7. The maximum Gasteiger partial charge on any atom is 0.123 e. The third kappa shape index (κ3) is 5.09. The van der Waals surface area contributed by atoms with Crippen molar-refractivity contribution in [1.82, 2.24) is 20.0 Å². The molecule has 5 nitrogen and oxygen atoms in total. The van der Waals surface area contributed by atoms with Gasteiger partial charge in [-0.2, -0.15) is 5.10 Å². The van der Waals surface area contributed by atoms with E-state index in [9.17, 15) is 0 Å². The molecule has 3 rings (SSSR count). The lowest BCUT2D eigenvalue weighted by molar-refractivity contribution is 0.0558. The Labute approximate surface area is 175 Å². The van der Waals surface area contributed by atoms with E-state index in [4.69, 9.17) is 4.74 Å². The minimum atomic E-state index is 0.0891. The maximum atomic E-state index is 5.64. The quantitative estimate of drug-likeness (QED) is 0.742. The molecule has 0 radical (unpaired) electrons. The SMILES string of the molecule is C=Cn1ncc(CN(Cc2ccccc2OC)C2CC(C)(C)NC(C)(C)C2)c1C. The minimum Gasteiger partial charge on any atom is -0.496 e. The van der Waals surface area contributed by atoms with Crippen LogP contribution in [0.1, 0.15) is 57.4 Å². The Morgan fingerprint density at radius 2 is 1.79 bits per heavy atom. The van der Waals surface area contributed by atoms with Gasteiger partial charge in [0.05, 0.1) is 13.3 Å². The van der Waals surface area contributed by atoms with E-state index in [0.717, 1.165) is 37.4 Å². The van der Waals surface area contributed by atoms with Crippen molar-refractivity contribution in [3.8, 4) is 5.75 Å². The van der Waals surface area contributed by atoms with Gasteiger partial charge in [0, 0.05) is 53.2 Å². The summed E-state index contributed by atoms with van der Waals surface area (Å²) in [4.78, 5) is 2.60. The zero-order valence-electron chi connectivity index (χ0n) is 18.8. The molecule has 1 aliphatic heterocycles. The van der Waals surface area contributed by atoms with Crippen molar-refractivity contribution in [3.05, 3.63) is 53.9 Å². The predicted octanol–water partition coefficient (Wildman–Crippen LogP) is 4.61. The molecule has 0 spiro atoms. The van der Waals surface area contributed by atoms with Crippen LogP contribution in [0.5, 0.6) is 5.75 Å². The van der Waals surface area contributed by atoms with E-state index in [1.54, 1.807) is 13.3 Å². The smallest absolute Gasteiger partial charge is 0.123 e. The Balaban J connectivity index is 1.94. The zero-order valence-corrected chi connectivity index (χ0v) is 18.8. The standard InChI is InChI=1S/C24H36N4O/c1-8-28-18(2)20(15-25-28)17-27(16-19-11-9-10-12-22(19)29-7)21-13-23(3,4)26-24(5,6)14-21/h8-12,15,21,26H,1,13-14,16-17H2,2-7H3. The fourth-order valence-electron chi connectivity index (χ4n) is 4.91. The molecule has 1 aromatic heterocycles. The minimum absolute atomic E-state index is 0.0891. The topological polar surface area (TPSA) is 42.3 Å². The Bertz CT molecular complexity index is 836. The van der Waals surface area contributed by atoms with Crippen LogP contribution >= 0.6 is 0 Å². The first-order valence-electron chi connectivity index (χ1n) is 10.4. The fourth-order valence-corrected chi connectivity index (χ4v) is 4.91. The monoisotopic (exact) mass is 396 g/mol.